The van der Waals surface area contributed by atoms with Crippen molar-refractivity contribution in [1.82, 2.24) is 5.32 Å². The molecule has 1 aliphatic heterocycles. The Morgan fingerprint density at radius 3 is 2.15 bits per heavy atom. The minimum absolute atomic E-state index is 0.153. The van der Waals surface area contributed by atoms with Gasteiger partial charge in [0, 0.05) is 22.2 Å². The van der Waals surface area contributed by atoms with Crippen molar-refractivity contribution in [2.75, 3.05) is 32.7 Å². The van der Waals surface area contributed by atoms with E-state index in [1.165, 1.54) is 16.0 Å². The minimum atomic E-state index is 0.153. The average molecular weight is 388 g/mol. The Balaban J connectivity index is 1.70. The van der Waals surface area contributed by atoms with E-state index < -0.39 is 0 Å². The predicted octanol–water partition coefficient (Wildman–Crippen LogP) is 0.737. The van der Waals surface area contributed by atoms with Gasteiger partial charge in [-0.1, -0.05) is 54.1 Å². The number of carbonyl (C=O) groups is 1. The summed E-state index contributed by atoms with van der Waals surface area (Å²) in [5.74, 6) is 0.153. The Labute approximate surface area is 167 Å². The molecule has 0 spiro atoms. The standard InChI is InChI=1S/C22H28ClN3O/c1-17(2)24-21(27)16-25-12-14-26(15-13-25)22(18-6-4-3-5-7-18)19-8-10-20(23)11-9-19/h3-11,17,22H,12-16H2,1-2H3,(H,24,27)/p+2/t22-/m0/s1. The van der Waals surface area contributed by atoms with Crippen LogP contribution in [0.5, 0.6) is 0 Å². The van der Waals surface area contributed by atoms with Gasteiger partial charge in [-0.25, -0.2) is 0 Å². The Bertz CT molecular complexity index is 725. The van der Waals surface area contributed by atoms with Crippen molar-refractivity contribution in [1.29, 1.82) is 0 Å². The fraction of sp³-hybridized carbons (Fsp3) is 0.409. The molecular weight excluding hydrogens is 358 g/mol. The molecule has 1 amide bonds. The Kier molecular flexibility index (Phi) is 6.89. The SMILES string of the molecule is CC(C)NC(=O)C[NH+]1CC[NH+]([C@@H](c2ccccc2)c2ccc(Cl)cc2)CC1. The molecule has 1 heterocycles. The largest absolute Gasteiger partial charge is 0.349 e. The maximum absolute atomic E-state index is 12.1. The molecule has 3 rings (SSSR count). The lowest BCUT2D eigenvalue weighted by Gasteiger charge is -2.35. The minimum Gasteiger partial charge on any atom is -0.349 e. The monoisotopic (exact) mass is 387 g/mol. The number of hydrogen-bond donors (Lipinski definition) is 3. The van der Waals surface area contributed by atoms with E-state index in [0.717, 1.165) is 31.2 Å². The lowest BCUT2D eigenvalue weighted by molar-refractivity contribution is -1.02. The van der Waals surface area contributed by atoms with Crippen molar-refractivity contribution in [3.8, 4) is 0 Å². The van der Waals surface area contributed by atoms with Gasteiger partial charge in [0.25, 0.3) is 5.91 Å². The van der Waals surface area contributed by atoms with Gasteiger partial charge in [-0.3, -0.25) is 4.79 Å². The molecule has 0 saturated carbocycles. The zero-order valence-corrected chi connectivity index (χ0v) is 16.9. The smallest absolute Gasteiger partial charge is 0.275 e. The third-order valence-electron chi connectivity index (χ3n) is 5.20. The van der Waals surface area contributed by atoms with E-state index in [-0.39, 0.29) is 11.9 Å². The number of carbonyl (C=O) groups excluding carboxylic acids is 1. The molecule has 1 fully saturated rings. The van der Waals surface area contributed by atoms with Crippen molar-refractivity contribution in [2.24, 2.45) is 0 Å². The second-order valence-electron chi connectivity index (χ2n) is 7.70. The summed E-state index contributed by atoms with van der Waals surface area (Å²) in [6, 6.07) is 19.4. The molecule has 0 radical (unpaired) electrons. The number of halogens is 1. The molecule has 144 valence electrons. The lowest BCUT2D eigenvalue weighted by atomic mass is 9.96. The predicted molar refractivity (Wildman–Crippen MR) is 109 cm³/mol. The first kappa shape index (κ1) is 19.9. The number of piperazine rings is 1. The Hall–Kier alpha value is -1.88. The fourth-order valence-corrected chi connectivity index (χ4v) is 4.08. The van der Waals surface area contributed by atoms with E-state index in [1.54, 1.807) is 4.90 Å². The highest BCUT2D eigenvalue weighted by Gasteiger charge is 2.32. The zero-order valence-electron chi connectivity index (χ0n) is 16.2. The summed E-state index contributed by atoms with van der Waals surface area (Å²) in [7, 11) is 0. The van der Waals surface area contributed by atoms with Crippen LogP contribution < -0.4 is 15.1 Å². The van der Waals surface area contributed by atoms with Crippen LogP contribution in [0.1, 0.15) is 31.0 Å². The second kappa shape index (κ2) is 9.36. The Morgan fingerprint density at radius 2 is 1.56 bits per heavy atom. The molecule has 27 heavy (non-hydrogen) atoms. The van der Waals surface area contributed by atoms with Crippen LogP contribution in [-0.4, -0.2) is 44.7 Å². The third kappa shape index (κ3) is 5.55. The van der Waals surface area contributed by atoms with Crippen LogP contribution in [0.4, 0.5) is 0 Å². The summed E-state index contributed by atoms with van der Waals surface area (Å²) in [5, 5.41) is 3.77. The normalized spacial score (nSPS) is 21.0. The first-order chi connectivity index (χ1) is 13.0. The number of hydrogen-bond acceptors (Lipinski definition) is 1. The maximum atomic E-state index is 12.1. The van der Waals surface area contributed by atoms with Crippen LogP contribution >= 0.6 is 11.6 Å². The van der Waals surface area contributed by atoms with E-state index in [2.05, 4.69) is 47.8 Å². The van der Waals surface area contributed by atoms with E-state index in [4.69, 9.17) is 11.6 Å². The molecule has 0 bridgehead atoms. The van der Waals surface area contributed by atoms with Crippen LogP contribution in [0.15, 0.2) is 54.6 Å². The van der Waals surface area contributed by atoms with E-state index in [1.807, 2.05) is 26.0 Å². The molecule has 0 aliphatic carbocycles. The van der Waals surface area contributed by atoms with E-state index >= 15 is 0 Å². The molecule has 1 saturated heterocycles. The van der Waals surface area contributed by atoms with E-state index in [9.17, 15) is 4.79 Å². The maximum Gasteiger partial charge on any atom is 0.275 e. The van der Waals surface area contributed by atoms with Gasteiger partial charge in [0.1, 0.15) is 32.2 Å². The Morgan fingerprint density at radius 1 is 0.963 bits per heavy atom. The van der Waals surface area contributed by atoms with Crippen LogP contribution in [-0.2, 0) is 4.79 Å². The number of benzene rings is 2. The van der Waals surface area contributed by atoms with Gasteiger partial charge in [-0.05, 0) is 26.0 Å². The van der Waals surface area contributed by atoms with Gasteiger partial charge in [-0.2, -0.15) is 0 Å². The molecule has 3 N–H and O–H groups in total. The van der Waals surface area contributed by atoms with Crippen molar-refractivity contribution in [3.05, 3.63) is 70.7 Å². The summed E-state index contributed by atoms with van der Waals surface area (Å²) < 4.78 is 0. The highest BCUT2D eigenvalue weighted by Crippen LogP contribution is 2.21. The van der Waals surface area contributed by atoms with Crippen molar-refractivity contribution in [2.45, 2.75) is 25.9 Å². The van der Waals surface area contributed by atoms with Crippen molar-refractivity contribution in [3.63, 3.8) is 0 Å². The molecule has 0 unspecified atom stereocenters. The summed E-state index contributed by atoms with van der Waals surface area (Å²) in [6.07, 6.45) is 0. The third-order valence-corrected chi connectivity index (χ3v) is 5.46. The summed E-state index contributed by atoms with van der Waals surface area (Å²) in [4.78, 5) is 15.0. The molecule has 2 aromatic rings. The summed E-state index contributed by atoms with van der Waals surface area (Å²) in [6.45, 7) is 8.70. The van der Waals surface area contributed by atoms with Crippen LogP contribution in [0.2, 0.25) is 5.02 Å². The summed E-state index contributed by atoms with van der Waals surface area (Å²) in [5.41, 5.74) is 2.62. The molecule has 1 atom stereocenters. The second-order valence-corrected chi connectivity index (χ2v) is 8.14. The highest BCUT2D eigenvalue weighted by molar-refractivity contribution is 6.30. The topological polar surface area (TPSA) is 38.0 Å². The lowest BCUT2D eigenvalue weighted by Crippen LogP contribution is -3.28. The molecular formula is C22H30ClN3O+2. The first-order valence-corrected chi connectivity index (χ1v) is 10.2. The number of rotatable bonds is 6. The van der Waals surface area contributed by atoms with Gasteiger partial charge in [0.2, 0.25) is 0 Å². The quantitative estimate of drug-likeness (QED) is 0.672. The van der Waals surface area contributed by atoms with Gasteiger partial charge >= 0.3 is 0 Å². The number of quaternary nitrogens is 2. The van der Waals surface area contributed by atoms with Gasteiger partial charge in [-0.15, -0.1) is 0 Å². The van der Waals surface area contributed by atoms with Gasteiger partial charge < -0.3 is 15.1 Å². The number of nitrogens with one attached hydrogen (secondary N) is 3. The molecule has 1 aliphatic rings. The average Bonchev–Trinajstić information content (AvgIpc) is 2.65. The number of amides is 1. The molecule has 5 heteroatoms. The van der Waals surface area contributed by atoms with Crippen LogP contribution in [0, 0.1) is 0 Å². The van der Waals surface area contributed by atoms with Crippen LogP contribution in [0.25, 0.3) is 0 Å². The fourth-order valence-electron chi connectivity index (χ4n) is 3.95. The first-order valence-electron chi connectivity index (χ1n) is 9.81. The summed E-state index contributed by atoms with van der Waals surface area (Å²) >= 11 is 6.10. The van der Waals surface area contributed by atoms with Crippen molar-refractivity contribution >= 4 is 17.5 Å². The molecule has 2 aromatic carbocycles. The van der Waals surface area contributed by atoms with E-state index in [0.29, 0.717) is 12.6 Å². The molecule has 4 nitrogen and oxygen atoms in total. The molecule has 0 aromatic heterocycles. The highest BCUT2D eigenvalue weighted by atomic mass is 35.5. The van der Waals surface area contributed by atoms with Gasteiger partial charge in [0.15, 0.2) is 6.54 Å². The van der Waals surface area contributed by atoms with Crippen LogP contribution in [0.3, 0.4) is 0 Å². The van der Waals surface area contributed by atoms with Crippen molar-refractivity contribution < 1.29 is 14.6 Å². The van der Waals surface area contributed by atoms with Gasteiger partial charge in [0.05, 0.1) is 0 Å². The zero-order chi connectivity index (χ0) is 19.2.